The van der Waals surface area contributed by atoms with Crippen LogP contribution in [0.3, 0.4) is 0 Å². The monoisotopic (exact) mass is 539 g/mol. The van der Waals surface area contributed by atoms with Gasteiger partial charge in [-0.15, -0.1) is 0 Å². The lowest BCUT2D eigenvalue weighted by atomic mass is 9.89. The van der Waals surface area contributed by atoms with Crippen LogP contribution in [0.2, 0.25) is 0 Å². The quantitative estimate of drug-likeness (QED) is 0.0728. The Morgan fingerprint density at radius 3 is 1.08 bits per heavy atom. The van der Waals surface area contributed by atoms with Gasteiger partial charge in [-0.1, -0.05) is 164 Å². The molecule has 0 rings (SSSR count). The zero-order valence-corrected chi connectivity index (χ0v) is 27.8. The van der Waals surface area contributed by atoms with Gasteiger partial charge in [0.15, 0.2) is 6.29 Å². The lowest BCUT2D eigenvalue weighted by Gasteiger charge is -2.19. The predicted octanol–water partition coefficient (Wildman–Crippen LogP) is 12.8. The summed E-state index contributed by atoms with van der Waals surface area (Å²) < 4.78 is 12.5. The van der Waals surface area contributed by atoms with Crippen LogP contribution in [-0.4, -0.2) is 19.5 Å². The molecular formula is C36H74O2. The second-order valence-electron chi connectivity index (χ2n) is 14.7. The highest BCUT2D eigenvalue weighted by Crippen LogP contribution is 2.23. The molecule has 0 amide bonds. The molecule has 0 atom stereocenters. The standard InChI is InChI=1S/C36H74O2/c1-8-9-10-11-14-19-24-29-34(37-32-27-22-17-12-15-20-25-30-35(2,3)4)38-33-28-23-18-13-16-21-26-31-36(5,6)7/h34H,8-33H2,1-7H3. The van der Waals surface area contributed by atoms with Crippen molar-refractivity contribution in [3.05, 3.63) is 0 Å². The molecule has 0 N–H and O–H groups in total. The Labute approximate surface area is 242 Å². The average Bonchev–Trinajstić information content (AvgIpc) is 2.83. The largest absolute Gasteiger partial charge is 0.353 e. The summed E-state index contributed by atoms with van der Waals surface area (Å²) in [6.07, 6.45) is 32.2. The summed E-state index contributed by atoms with van der Waals surface area (Å²) in [7, 11) is 0. The molecule has 0 spiro atoms. The maximum atomic E-state index is 6.25. The molecule has 0 saturated carbocycles. The molecule has 0 aromatic carbocycles. The molecule has 38 heavy (non-hydrogen) atoms. The van der Waals surface area contributed by atoms with E-state index in [0.29, 0.717) is 10.8 Å². The molecule has 0 saturated heterocycles. The van der Waals surface area contributed by atoms with Crippen molar-refractivity contribution in [3.8, 4) is 0 Å². The van der Waals surface area contributed by atoms with Crippen molar-refractivity contribution in [1.82, 2.24) is 0 Å². The van der Waals surface area contributed by atoms with E-state index in [2.05, 4.69) is 48.5 Å². The van der Waals surface area contributed by atoms with E-state index in [9.17, 15) is 0 Å². The molecule has 0 aromatic heterocycles. The topological polar surface area (TPSA) is 18.5 Å². The van der Waals surface area contributed by atoms with Crippen LogP contribution in [0, 0.1) is 10.8 Å². The SMILES string of the molecule is CCCCCCCCCC(OCCCCCCCCCC(C)(C)C)OCCCCCCCCCC(C)(C)C. The highest BCUT2D eigenvalue weighted by Gasteiger charge is 2.11. The third kappa shape index (κ3) is 32.1. The molecule has 0 bridgehead atoms. The summed E-state index contributed by atoms with van der Waals surface area (Å²) >= 11 is 0. The number of rotatable bonds is 28. The Balaban J connectivity index is 3.90. The van der Waals surface area contributed by atoms with Crippen LogP contribution in [0.15, 0.2) is 0 Å². The van der Waals surface area contributed by atoms with E-state index in [-0.39, 0.29) is 6.29 Å². The minimum absolute atomic E-state index is 0.0282. The third-order valence-corrected chi connectivity index (χ3v) is 7.79. The van der Waals surface area contributed by atoms with Crippen molar-refractivity contribution in [2.75, 3.05) is 13.2 Å². The Morgan fingerprint density at radius 2 is 0.711 bits per heavy atom. The summed E-state index contributed by atoms with van der Waals surface area (Å²) in [5.41, 5.74) is 0.994. The van der Waals surface area contributed by atoms with Crippen molar-refractivity contribution >= 4 is 0 Å². The molecule has 0 radical (unpaired) electrons. The molecule has 2 nitrogen and oxygen atoms in total. The zero-order valence-electron chi connectivity index (χ0n) is 27.8. The third-order valence-electron chi connectivity index (χ3n) is 7.79. The smallest absolute Gasteiger partial charge is 0.157 e. The van der Waals surface area contributed by atoms with Crippen LogP contribution in [0.25, 0.3) is 0 Å². The van der Waals surface area contributed by atoms with E-state index in [1.165, 1.54) is 148 Å². The Morgan fingerprint density at radius 1 is 0.395 bits per heavy atom. The lowest BCUT2D eigenvalue weighted by Crippen LogP contribution is -2.19. The molecule has 0 heterocycles. The Bertz CT molecular complexity index is 425. The lowest BCUT2D eigenvalue weighted by molar-refractivity contribution is -0.148. The summed E-state index contributed by atoms with van der Waals surface area (Å²) in [4.78, 5) is 0. The first-order chi connectivity index (χ1) is 18.1. The minimum Gasteiger partial charge on any atom is -0.353 e. The van der Waals surface area contributed by atoms with Crippen molar-refractivity contribution in [2.24, 2.45) is 10.8 Å². The molecule has 0 aliphatic rings. The van der Waals surface area contributed by atoms with Crippen LogP contribution < -0.4 is 0 Å². The minimum atomic E-state index is 0.0282. The van der Waals surface area contributed by atoms with Gasteiger partial charge in [-0.05, 0) is 49.4 Å². The molecule has 0 fully saturated rings. The van der Waals surface area contributed by atoms with Crippen molar-refractivity contribution in [2.45, 2.75) is 209 Å². The van der Waals surface area contributed by atoms with E-state index in [1.54, 1.807) is 0 Å². The molecule has 0 aliphatic carbocycles. The van der Waals surface area contributed by atoms with Crippen molar-refractivity contribution < 1.29 is 9.47 Å². The Kier molecular flexibility index (Phi) is 25.8. The normalized spacial score (nSPS) is 12.6. The molecule has 0 aliphatic heterocycles. The highest BCUT2D eigenvalue weighted by molar-refractivity contribution is 4.62. The van der Waals surface area contributed by atoms with E-state index in [0.717, 1.165) is 19.6 Å². The summed E-state index contributed by atoms with van der Waals surface area (Å²) in [5.74, 6) is 0. The van der Waals surface area contributed by atoms with Gasteiger partial charge in [-0.25, -0.2) is 0 Å². The fraction of sp³-hybridized carbons (Fsp3) is 1.00. The number of hydrogen-bond acceptors (Lipinski definition) is 2. The summed E-state index contributed by atoms with van der Waals surface area (Å²) in [5, 5.41) is 0. The van der Waals surface area contributed by atoms with Crippen molar-refractivity contribution in [3.63, 3.8) is 0 Å². The van der Waals surface area contributed by atoms with Crippen LogP contribution in [0.1, 0.15) is 203 Å². The van der Waals surface area contributed by atoms with Gasteiger partial charge < -0.3 is 9.47 Å². The number of hydrogen-bond donors (Lipinski definition) is 0. The van der Waals surface area contributed by atoms with Crippen LogP contribution >= 0.6 is 0 Å². The van der Waals surface area contributed by atoms with Crippen LogP contribution in [0.5, 0.6) is 0 Å². The number of ether oxygens (including phenoxy) is 2. The first-order valence-corrected chi connectivity index (χ1v) is 17.4. The van der Waals surface area contributed by atoms with Gasteiger partial charge in [0, 0.05) is 13.2 Å². The maximum absolute atomic E-state index is 6.25. The average molecular weight is 539 g/mol. The first-order valence-electron chi connectivity index (χ1n) is 17.4. The molecule has 0 aromatic rings. The molecular weight excluding hydrogens is 464 g/mol. The fourth-order valence-corrected chi connectivity index (χ4v) is 5.19. The predicted molar refractivity (Wildman–Crippen MR) is 171 cm³/mol. The van der Waals surface area contributed by atoms with Gasteiger partial charge in [-0.2, -0.15) is 0 Å². The van der Waals surface area contributed by atoms with E-state index >= 15 is 0 Å². The van der Waals surface area contributed by atoms with Gasteiger partial charge in [-0.3, -0.25) is 0 Å². The van der Waals surface area contributed by atoms with E-state index < -0.39 is 0 Å². The first kappa shape index (κ1) is 37.9. The van der Waals surface area contributed by atoms with Crippen LogP contribution in [-0.2, 0) is 9.47 Å². The number of unbranched alkanes of at least 4 members (excludes halogenated alkanes) is 18. The second-order valence-corrected chi connectivity index (χ2v) is 14.7. The van der Waals surface area contributed by atoms with Gasteiger partial charge in [0.1, 0.15) is 0 Å². The zero-order chi connectivity index (χ0) is 28.4. The second kappa shape index (κ2) is 25.9. The summed E-state index contributed by atoms with van der Waals surface area (Å²) in [6.45, 7) is 18.2. The van der Waals surface area contributed by atoms with E-state index in [4.69, 9.17) is 9.47 Å². The summed E-state index contributed by atoms with van der Waals surface area (Å²) in [6, 6.07) is 0. The van der Waals surface area contributed by atoms with Crippen LogP contribution in [0.4, 0.5) is 0 Å². The fourth-order valence-electron chi connectivity index (χ4n) is 5.19. The highest BCUT2D eigenvalue weighted by atomic mass is 16.7. The van der Waals surface area contributed by atoms with Gasteiger partial charge in [0.05, 0.1) is 0 Å². The van der Waals surface area contributed by atoms with Crippen molar-refractivity contribution in [1.29, 1.82) is 0 Å². The maximum Gasteiger partial charge on any atom is 0.157 e. The van der Waals surface area contributed by atoms with Gasteiger partial charge in [0.25, 0.3) is 0 Å². The van der Waals surface area contributed by atoms with Gasteiger partial charge >= 0.3 is 0 Å². The molecule has 2 heteroatoms. The van der Waals surface area contributed by atoms with Gasteiger partial charge in [0.2, 0.25) is 0 Å². The Hall–Kier alpha value is -0.0800. The van der Waals surface area contributed by atoms with E-state index in [1.807, 2.05) is 0 Å². The molecule has 0 unspecified atom stereocenters. The molecule has 230 valence electrons.